The first-order chi connectivity index (χ1) is 15.5. The number of imidazole rings is 1. The molecule has 8 heteroatoms. The minimum atomic E-state index is -0.696. The van der Waals surface area contributed by atoms with Gasteiger partial charge < -0.3 is 5.32 Å². The maximum absolute atomic E-state index is 13.4. The third-order valence-corrected chi connectivity index (χ3v) is 5.83. The summed E-state index contributed by atoms with van der Waals surface area (Å²) in [6.07, 6.45) is 3.38. The third kappa shape index (κ3) is 3.61. The highest BCUT2D eigenvalue weighted by Crippen LogP contribution is 2.37. The van der Waals surface area contributed by atoms with E-state index in [2.05, 4.69) is 15.3 Å². The number of carbonyl (C=O) groups excluding carboxylic acids is 2. The largest absolute Gasteiger partial charge is 0.325 e. The van der Waals surface area contributed by atoms with E-state index in [1.165, 1.54) is 0 Å². The Bertz CT molecular complexity index is 1330. The Morgan fingerprint density at radius 3 is 2.78 bits per heavy atom. The molecule has 0 unspecified atom stereocenters. The van der Waals surface area contributed by atoms with Crippen molar-refractivity contribution in [2.45, 2.75) is 25.9 Å². The van der Waals surface area contributed by atoms with Crippen LogP contribution in [-0.4, -0.2) is 26.3 Å². The second-order valence-corrected chi connectivity index (χ2v) is 8.21. The monoisotopic (exact) mass is 445 g/mol. The fraction of sp³-hybridized carbons (Fsp3) is 0.167. The van der Waals surface area contributed by atoms with E-state index in [1.54, 1.807) is 29.4 Å². The molecule has 0 bridgehead atoms. The van der Waals surface area contributed by atoms with Gasteiger partial charge in [-0.3, -0.25) is 24.0 Å². The molecule has 0 fully saturated rings. The van der Waals surface area contributed by atoms with Crippen LogP contribution in [0.15, 0.2) is 67.0 Å². The van der Waals surface area contributed by atoms with Gasteiger partial charge in [0.05, 0.1) is 34.7 Å². The van der Waals surface area contributed by atoms with Gasteiger partial charge in [0.2, 0.25) is 11.9 Å². The van der Waals surface area contributed by atoms with Crippen LogP contribution in [0.5, 0.6) is 0 Å². The van der Waals surface area contributed by atoms with Crippen LogP contribution in [0.3, 0.4) is 0 Å². The summed E-state index contributed by atoms with van der Waals surface area (Å²) < 4.78 is 1.85. The van der Waals surface area contributed by atoms with Crippen LogP contribution >= 0.6 is 11.6 Å². The molecule has 3 heterocycles. The van der Waals surface area contributed by atoms with Crippen LogP contribution in [0.4, 0.5) is 11.6 Å². The number of carbonyl (C=O) groups is 2. The number of halogens is 1. The van der Waals surface area contributed by atoms with Gasteiger partial charge in [-0.05, 0) is 48.4 Å². The SMILES string of the molecule is Cc1ccc(NC(=O)C[C@@H]2C(=O)N(Cc3cccnc3)c3nc4ccccc4n32)c(Cl)c1. The summed E-state index contributed by atoms with van der Waals surface area (Å²) >= 11 is 6.26. The van der Waals surface area contributed by atoms with Crippen LogP contribution in [0, 0.1) is 6.92 Å². The van der Waals surface area contributed by atoms with Gasteiger partial charge in [-0.1, -0.05) is 35.9 Å². The fourth-order valence-electron chi connectivity index (χ4n) is 4.02. The molecule has 7 nitrogen and oxygen atoms in total. The van der Waals surface area contributed by atoms with Crippen molar-refractivity contribution in [1.82, 2.24) is 14.5 Å². The summed E-state index contributed by atoms with van der Waals surface area (Å²) in [7, 11) is 0. The summed E-state index contributed by atoms with van der Waals surface area (Å²) in [5.41, 5.74) is 4.00. The molecule has 1 N–H and O–H groups in total. The summed E-state index contributed by atoms with van der Waals surface area (Å²) in [5.74, 6) is 0.0690. The Morgan fingerprint density at radius 2 is 2.00 bits per heavy atom. The molecule has 4 aromatic rings. The lowest BCUT2D eigenvalue weighted by atomic mass is 10.1. The first-order valence-corrected chi connectivity index (χ1v) is 10.6. The number of para-hydroxylation sites is 2. The van der Waals surface area contributed by atoms with Crippen molar-refractivity contribution >= 4 is 46.1 Å². The molecule has 1 atom stereocenters. The molecule has 1 aliphatic heterocycles. The van der Waals surface area contributed by atoms with Crippen molar-refractivity contribution in [1.29, 1.82) is 0 Å². The van der Waals surface area contributed by atoms with Gasteiger partial charge in [0.15, 0.2) is 0 Å². The Balaban J connectivity index is 1.47. The number of nitrogens with zero attached hydrogens (tertiary/aromatic N) is 4. The summed E-state index contributed by atoms with van der Waals surface area (Å²) in [4.78, 5) is 36.7. The number of hydrogen-bond donors (Lipinski definition) is 1. The molecule has 0 aliphatic carbocycles. The first kappa shape index (κ1) is 20.2. The number of aromatic nitrogens is 3. The number of anilines is 2. The van der Waals surface area contributed by atoms with Gasteiger partial charge in [0.25, 0.3) is 5.91 Å². The van der Waals surface area contributed by atoms with Gasteiger partial charge in [0.1, 0.15) is 6.04 Å². The molecule has 0 radical (unpaired) electrons. The van der Waals surface area contributed by atoms with Gasteiger partial charge in [-0.2, -0.15) is 0 Å². The summed E-state index contributed by atoms with van der Waals surface area (Å²) in [6.45, 7) is 2.26. The van der Waals surface area contributed by atoms with Crippen molar-refractivity contribution in [2.75, 3.05) is 10.2 Å². The molecule has 5 rings (SSSR count). The van der Waals surface area contributed by atoms with Gasteiger partial charge in [-0.25, -0.2) is 4.98 Å². The molecule has 0 saturated heterocycles. The molecule has 2 aromatic carbocycles. The van der Waals surface area contributed by atoms with Gasteiger partial charge >= 0.3 is 0 Å². The number of rotatable bonds is 5. The summed E-state index contributed by atoms with van der Waals surface area (Å²) in [6, 6.07) is 16.1. The topological polar surface area (TPSA) is 80.1 Å². The second kappa shape index (κ2) is 8.09. The van der Waals surface area contributed by atoms with Crippen LogP contribution in [0.25, 0.3) is 11.0 Å². The number of nitrogens with one attached hydrogen (secondary N) is 1. The Labute approximate surface area is 189 Å². The van der Waals surface area contributed by atoms with Crippen LogP contribution in [-0.2, 0) is 16.1 Å². The number of pyridine rings is 1. The highest BCUT2D eigenvalue weighted by atomic mass is 35.5. The quantitative estimate of drug-likeness (QED) is 0.490. The predicted molar refractivity (Wildman–Crippen MR) is 124 cm³/mol. The number of aryl methyl sites for hydroxylation is 1. The van der Waals surface area contributed by atoms with E-state index in [4.69, 9.17) is 11.6 Å². The first-order valence-electron chi connectivity index (χ1n) is 10.2. The third-order valence-electron chi connectivity index (χ3n) is 5.52. The van der Waals surface area contributed by atoms with Crippen molar-refractivity contribution < 1.29 is 9.59 Å². The zero-order valence-corrected chi connectivity index (χ0v) is 18.1. The second-order valence-electron chi connectivity index (χ2n) is 7.81. The average Bonchev–Trinajstić information content (AvgIpc) is 3.27. The van der Waals surface area contributed by atoms with Crippen LogP contribution in [0.1, 0.15) is 23.6 Å². The average molecular weight is 446 g/mol. The normalized spacial score (nSPS) is 15.2. The lowest BCUT2D eigenvalue weighted by molar-refractivity contribution is -0.124. The Morgan fingerprint density at radius 1 is 1.16 bits per heavy atom. The molecule has 1 aliphatic rings. The maximum atomic E-state index is 13.4. The number of fused-ring (bicyclic) bond motifs is 3. The zero-order chi connectivity index (χ0) is 22.2. The number of benzene rings is 2. The molecule has 160 valence electrons. The zero-order valence-electron chi connectivity index (χ0n) is 17.3. The highest BCUT2D eigenvalue weighted by molar-refractivity contribution is 6.33. The van der Waals surface area contributed by atoms with Crippen LogP contribution in [0.2, 0.25) is 5.02 Å². The fourth-order valence-corrected chi connectivity index (χ4v) is 4.30. The molecule has 32 heavy (non-hydrogen) atoms. The van der Waals surface area contributed by atoms with E-state index in [-0.39, 0.29) is 18.2 Å². The molecule has 0 saturated carbocycles. The maximum Gasteiger partial charge on any atom is 0.253 e. The molecule has 2 amide bonds. The van der Waals surface area contributed by atoms with Crippen molar-refractivity contribution in [3.05, 3.63) is 83.1 Å². The highest BCUT2D eigenvalue weighted by Gasteiger charge is 2.40. The summed E-state index contributed by atoms with van der Waals surface area (Å²) in [5, 5.41) is 3.30. The van der Waals surface area contributed by atoms with E-state index in [0.717, 1.165) is 22.2 Å². The van der Waals surface area contributed by atoms with Crippen molar-refractivity contribution in [3.8, 4) is 0 Å². The minimum absolute atomic E-state index is 0.0278. The van der Waals surface area contributed by atoms with Crippen LogP contribution < -0.4 is 10.2 Å². The van der Waals surface area contributed by atoms with Crippen molar-refractivity contribution in [2.24, 2.45) is 0 Å². The molecule has 0 spiro atoms. The lowest BCUT2D eigenvalue weighted by Gasteiger charge is -2.16. The molecule has 2 aromatic heterocycles. The van der Waals surface area contributed by atoms with Crippen molar-refractivity contribution in [3.63, 3.8) is 0 Å². The Kier molecular flexibility index (Phi) is 5.11. The number of amides is 2. The van der Waals surface area contributed by atoms with E-state index in [1.807, 2.05) is 54.0 Å². The number of hydrogen-bond acceptors (Lipinski definition) is 4. The van der Waals surface area contributed by atoms with E-state index >= 15 is 0 Å². The molecular formula is C24H20ClN5O2. The smallest absolute Gasteiger partial charge is 0.253 e. The minimum Gasteiger partial charge on any atom is -0.325 e. The van der Waals surface area contributed by atoms with E-state index in [0.29, 0.717) is 23.2 Å². The predicted octanol–water partition coefficient (Wildman–Crippen LogP) is 4.51. The van der Waals surface area contributed by atoms with Gasteiger partial charge in [-0.15, -0.1) is 0 Å². The van der Waals surface area contributed by atoms with Gasteiger partial charge in [0, 0.05) is 12.4 Å². The molecular weight excluding hydrogens is 426 g/mol. The standard InChI is InChI=1S/C24H20ClN5O2/c1-15-8-9-18(17(25)11-15)27-22(31)12-21-23(32)29(14-16-5-4-10-26-13-16)24-28-19-6-2-3-7-20(19)30(21)24/h2-11,13,21H,12,14H2,1H3,(H,27,31)/t21-/m1/s1. The van der Waals surface area contributed by atoms with E-state index in [9.17, 15) is 9.59 Å². The van der Waals surface area contributed by atoms with E-state index < -0.39 is 6.04 Å². The Hall–Kier alpha value is -3.71. The lowest BCUT2D eigenvalue weighted by Crippen LogP contribution is -2.31.